The summed E-state index contributed by atoms with van der Waals surface area (Å²) in [5, 5.41) is 0. The molecular weight excluding hydrogens is 223 g/mol. The van der Waals surface area contributed by atoms with Gasteiger partial charge in [-0.05, 0) is 18.2 Å². The topological polar surface area (TPSA) is 73.1 Å². The van der Waals surface area contributed by atoms with E-state index >= 15 is 0 Å². The molecule has 6 heteroatoms. The highest BCUT2D eigenvalue weighted by Gasteiger charge is 2.07. The van der Waals surface area contributed by atoms with Crippen LogP contribution in [0.2, 0.25) is 0 Å². The number of nitrogens with zero attached hydrogens (tertiary/aromatic N) is 2. The van der Waals surface area contributed by atoms with E-state index in [0.717, 1.165) is 0 Å². The number of hydrogen-bond acceptors (Lipinski definition) is 5. The van der Waals surface area contributed by atoms with Crippen molar-refractivity contribution in [1.82, 2.24) is 9.97 Å². The van der Waals surface area contributed by atoms with Gasteiger partial charge in [-0.25, -0.2) is 20.2 Å². The second-order valence-corrected chi connectivity index (χ2v) is 3.26. The Morgan fingerprint density at radius 3 is 2.88 bits per heavy atom. The average Bonchev–Trinajstić information content (AvgIpc) is 2.39. The van der Waals surface area contributed by atoms with E-state index in [2.05, 4.69) is 15.4 Å². The predicted molar refractivity (Wildman–Crippen MR) is 61.8 cm³/mol. The number of benzene rings is 1. The summed E-state index contributed by atoms with van der Waals surface area (Å²) >= 11 is 0. The van der Waals surface area contributed by atoms with Crippen LogP contribution >= 0.6 is 0 Å². The number of nitrogens with two attached hydrogens (primary N) is 1. The number of nitrogen functional groups attached to an aromatic ring is 1. The largest absolute Gasteiger partial charge is 0.494 e. The number of nitrogens with one attached hydrogen (secondary N) is 1. The molecule has 0 fully saturated rings. The zero-order valence-corrected chi connectivity index (χ0v) is 9.14. The Hall–Kier alpha value is -2.21. The fourth-order valence-electron chi connectivity index (χ4n) is 1.38. The summed E-state index contributed by atoms with van der Waals surface area (Å²) in [6, 6.07) is 6.04. The van der Waals surface area contributed by atoms with Crippen LogP contribution < -0.4 is 16.0 Å². The van der Waals surface area contributed by atoms with Crippen molar-refractivity contribution in [3.05, 3.63) is 36.3 Å². The fourth-order valence-corrected chi connectivity index (χ4v) is 1.38. The zero-order valence-electron chi connectivity index (χ0n) is 9.14. The van der Waals surface area contributed by atoms with Crippen LogP contribution in [-0.2, 0) is 0 Å². The number of aromatic nitrogens is 2. The van der Waals surface area contributed by atoms with E-state index < -0.39 is 5.82 Å². The highest BCUT2D eigenvalue weighted by molar-refractivity contribution is 5.59. The van der Waals surface area contributed by atoms with Crippen molar-refractivity contribution >= 4 is 5.82 Å². The lowest BCUT2D eigenvalue weighted by Crippen LogP contribution is -2.09. The molecule has 0 aliphatic heterocycles. The van der Waals surface area contributed by atoms with Crippen LogP contribution in [0, 0.1) is 5.82 Å². The maximum atomic E-state index is 13.2. The van der Waals surface area contributed by atoms with Crippen LogP contribution in [0.25, 0.3) is 11.4 Å². The molecule has 88 valence electrons. The highest BCUT2D eigenvalue weighted by atomic mass is 19.1. The summed E-state index contributed by atoms with van der Waals surface area (Å²) in [5.41, 5.74) is 3.07. The Balaban J connectivity index is 2.45. The molecule has 0 saturated heterocycles. The van der Waals surface area contributed by atoms with Gasteiger partial charge in [0.25, 0.3) is 0 Å². The number of methoxy groups -OCH3 is 1. The third-order valence-corrected chi connectivity index (χ3v) is 2.21. The summed E-state index contributed by atoms with van der Waals surface area (Å²) in [7, 11) is 1.40. The quantitative estimate of drug-likeness (QED) is 0.623. The minimum Gasteiger partial charge on any atom is -0.494 e. The van der Waals surface area contributed by atoms with E-state index in [1.807, 2.05) is 0 Å². The van der Waals surface area contributed by atoms with Crippen LogP contribution in [0.5, 0.6) is 5.75 Å². The molecule has 1 aromatic heterocycles. The standard InChI is InChI=1S/C11H11FN4O/c1-17-9-6-7(2-3-8(9)12)11-14-5-4-10(15-11)16-13/h2-6H,13H2,1H3,(H,14,15,16). The molecular formula is C11H11FN4O. The van der Waals surface area contributed by atoms with Gasteiger partial charge in [-0.3, -0.25) is 0 Å². The zero-order chi connectivity index (χ0) is 12.3. The average molecular weight is 234 g/mol. The van der Waals surface area contributed by atoms with E-state index in [4.69, 9.17) is 10.6 Å². The van der Waals surface area contributed by atoms with Gasteiger partial charge < -0.3 is 10.2 Å². The van der Waals surface area contributed by atoms with Gasteiger partial charge in [-0.2, -0.15) is 0 Å². The normalized spacial score (nSPS) is 10.1. The molecule has 17 heavy (non-hydrogen) atoms. The van der Waals surface area contributed by atoms with Gasteiger partial charge in [0.15, 0.2) is 17.4 Å². The van der Waals surface area contributed by atoms with Gasteiger partial charge in [0.05, 0.1) is 7.11 Å². The molecule has 0 unspecified atom stereocenters. The number of hydrazine groups is 1. The molecule has 0 saturated carbocycles. The first-order chi connectivity index (χ1) is 8.24. The summed E-state index contributed by atoms with van der Waals surface area (Å²) in [6.45, 7) is 0. The Morgan fingerprint density at radius 1 is 1.35 bits per heavy atom. The first kappa shape index (κ1) is 11.3. The Morgan fingerprint density at radius 2 is 2.18 bits per heavy atom. The summed E-state index contributed by atoms with van der Waals surface area (Å²) in [5.74, 6) is 5.90. The van der Waals surface area contributed by atoms with Crippen LogP contribution in [-0.4, -0.2) is 17.1 Å². The molecule has 0 bridgehead atoms. The number of halogens is 1. The van der Waals surface area contributed by atoms with Crippen LogP contribution in [0.15, 0.2) is 30.5 Å². The molecule has 1 aromatic carbocycles. The van der Waals surface area contributed by atoms with E-state index in [1.165, 1.54) is 19.2 Å². The van der Waals surface area contributed by atoms with Crippen LogP contribution in [0.1, 0.15) is 0 Å². The van der Waals surface area contributed by atoms with Crippen molar-refractivity contribution < 1.29 is 9.13 Å². The molecule has 1 heterocycles. The fraction of sp³-hybridized carbons (Fsp3) is 0.0909. The molecule has 2 aromatic rings. The number of anilines is 1. The molecule has 0 atom stereocenters. The van der Waals surface area contributed by atoms with E-state index in [0.29, 0.717) is 17.2 Å². The molecule has 2 rings (SSSR count). The lowest BCUT2D eigenvalue weighted by molar-refractivity contribution is 0.387. The number of rotatable bonds is 3. The van der Waals surface area contributed by atoms with Crippen molar-refractivity contribution in [2.45, 2.75) is 0 Å². The highest BCUT2D eigenvalue weighted by Crippen LogP contribution is 2.24. The van der Waals surface area contributed by atoms with Crippen molar-refractivity contribution in [1.29, 1.82) is 0 Å². The smallest absolute Gasteiger partial charge is 0.165 e. The maximum Gasteiger partial charge on any atom is 0.165 e. The molecule has 0 amide bonds. The predicted octanol–water partition coefficient (Wildman–Crippen LogP) is 1.58. The molecule has 0 radical (unpaired) electrons. The third-order valence-electron chi connectivity index (χ3n) is 2.21. The Labute approximate surface area is 97.4 Å². The Kier molecular flexibility index (Phi) is 3.15. The number of ether oxygens (including phenoxy) is 1. The van der Waals surface area contributed by atoms with Crippen LogP contribution in [0.4, 0.5) is 10.2 Å². The summed E-state index contributed by atoms with van der Waals surface area (Å²) < 4.78 is 18.1. The van der Waals surface area contributed by atoms with Gasteiger partial charge in [-0.1, -0.05) is 0 Å². The van der Waals surface area contributed by atoms with Crippen molar-refractivity contribution in [3.8, 4) is 17.1 Å². The lowest BCUT2D eigenvalue weighted by atomic mass is 10.2. The monoisotopic (exact) mass is 234 g/mol. The van der Waals surface area contributed by atoms with Crippen LogP contribution in [0.3, 0.4) is 0 Å². The van der Waals surface area contributed by atoms with Gasteiger partial charge in [0.1, 0.15) is 5.82 Å². The summed E-state index contributed by atoms with van der Waals surface area (Å²) in [6.07, 6.45) is 1.56. The lowest BCUT2D eigenvalue weighted by Gasteiger charge is -2.06. The van der Waals surface area contributed by atoms with Crippen molar-refractivity contribution in [3.63, 3.8) is 0 Å². The van der Waals surface area contributed by atoms with Crippen molar-refractivity contribution in [2.75, 3.05) is 12.5 Å². The van der Waals surface area contributed by atoms with Gasteiger partial charge >= 0.3 is 0 Å². The maximum absolute atomic E-state index is 13.2. The van der Waals surface area contributed by atoms with E-state index in [1.54, 1.807) is 18.3 Å². The minimum atomic E-state index is -0.427. The summed E-state index contributed by atoms with van der Waals surface area (Å²) in [4.78, 5) is 8.22. The SMILES string of the molecule is COc1cc(-c2nccc(NN)n2)ccc1F. The first-order valence-corrected chi connectivity index (χ1v) is 4.88. The Bertz CT molecular complexity index is 533. The van der Waals surface area contributed by atoms with Gasteiger partial charge in [0, 0.05) is 17.8 Å². The molecule has 0 aliphatic rings. The molecule has 3 N–H and O–H groups in total. The van der Waals surface area contributed by atoms with E-state index in [-0.39, 0.29) is 5.75 Å². The third kappa shape index (κ3) is 2.31. The molecule has 0 spiro atoms. The second kappa shape index (κ2) is 4.75. The van der Waals surface area contributed by atoms with Crippen molar-refractivity contribution in [2.24, 2.45) is 5.84 Å². The first-order valence-electron chi connectivity index (χ1n) is 4.88. The van der Waals surface area contributed by atoms with Gasteiger partial charge in [0.2, 0.25) is 0 Å². The van der Waals surface area contributed by atoms with Gasteiger partial charge in [-0.15, -0.1) is 0 Å². The molecule has 5 nitrogen and oxygen atoms in total. The van der Waals surface area contributed by atoms with E-state index in [9.17, 15) is 4.39 Å². The minimum absolute atomic E-state index is 0.150. The number of hydrogen-bond donors (Lipinski definition) is 2. The second-order valence-electron chi connectivity index (χ2n) is 3.26. The molecule has 0 aliphatic carbocycles.